The number of carboxylic acid groups (broad SMARTS) is 1. The van der Waals surface area contributed by atoms with E-state index < -0.39 is 18.0 Å². The van der Waals surface area contributed by atoms with Crippen molar-refractivity contribution in [1.82, 2.24) is 10.2 Å². The van der Waals surface area contributed by atoms with Gasteiger partial charge in [-0.25, -0.2) is 9.59 Å². The number of carbonyl (C=O) groups is 2. The molecule has 1 fully saturated rings. The topological polar surface area (TPSA) is 78.9 Å². The van der Waals surface area contributed by atoms with Crippen LogP contribution in [0, 0.1) is 12.3 Å². The molecule has 94 valence electrons. The summed E-state index contributed by atoms with van der Waals surface area (Å²) in [6.45, 7) is 3.23. The van der Waals surface area contributed by atoms with E-state index in [1.165, 1.54) is 4.90 Å². The maximum atomic E-state index is 11.8. The normalized spacial score (nSPS) is 21.4. The molecule has 0 bridgehead atoms. The van der Waals surface area contributed by atoms with E-state index in [1.807, 2.05) is 6.92 Å². The Kier molecular flexibility index (Phi) is 4.79. The van der Waals surface area contributed by atoms with Gasteiger partial charge in [0.15, 0.2) is 0 Å². The van der Waals surface area contributed by atoms with E-state index in [4.69, 9.17) is 16.3 Å². The molecule has 2 N–H and O–H groups in total. The Labute approximate surface area is 99.9 Å². The zero-order valence-corrected chi connectivity index (χ0v) is 9.68. The number of carboxylic acids is 1. The number of ether oxygens (including phenoxy) is 1. The number of urea groups is 1. The summed E-state index contributed by atoms with van der Waals surface area (Å²) in [6, 6.07) is -1.45. The van der Waals surface area contributed by atoms with E-state index in [1.54, 1.807) is 0 Å². The van der Waals surface area contributed by atoms with E-state index in [9.17, 15) is 9.59 Å². The second kappa shape index (κ2) is 6.11. The molecule has 0 radical (unpaired) electrons. The molecule has 0 saturated carbocycles. The highest BCUT2D eigenvalue weighted by molar-refractivity contribution is 5.82. The fourth-order valence-electron chi connectivity index (χ4n) is 1.56. The highest BCUT2D eigenvalue weighted by atomic mass is 16.5. The van der Waals surface area contributed by atoms with Crippen LogP contribution in [0.1, 0.15) is 13.3 Å². The SMILES string of the molecule is C#CCC(NC(=O)N1CCOC(C)C1)C(=O)O. The van der Waals surface area contributed by atoms with Gasteiger partial charge in [0.1, 0.15) is 6.04 Å². The van der Waals surface area contributed by atoms with E-state index in [2.05, 4.69) is 11.2 Å². The molecule has 1 aliphatic heterocycles. The summed E-state index contributed by atoms with van der Waals surface area (Å²) < 4.78 is 5.29. The summed E-state index contributed by atoms with van der Waals surface area (Å²) in [5, 5.41) is 11.2. The molecule has 6 nitrogen and oxygen atoms in total. The van der Waals surface area contributed by atoms with Gasteiger partial charge in [-0.1, -0.05) is 0 Å². The fourth-order valence-corrected chi connectivity index (χ4v) is 1.56. The average Bonchev–Trinajstić information content (AvgIpc) is 2.28. The van der Waals surface area contributed by atoms with Gasteiger partial charge < -0.3 is 20.1 Å². The number of rotatable bonds is 3. The van der Waals surface area contributed by atoms with Crippen LogP contribution in [0.5, 0.6) is 0 Å². The zero-order chi connectivity index (χ0) is 12.8. The van der Waals surface area contributed by atoms with Crippen LogP contribution in [0.15, 0.2) is 0 Å². The third kappa shape index (κ3) is 3.96. The van der Waals surface area contributed by atoms with Crippen molar-refractivity contribution < 1.29 is 19.4 Å². The summed E-state index contributed by atoms with van der Waals surface area (Å²) in [7, 11) is 0. The molecule has 2 atom stereocenters. The maximum Gasteiger partial charge on any atom is 0.327 e. The van der Waals surface area contributed by atoms with Crippen molar-refractivity contribution in [1.29, 1.82) is 0 Å². The Morgan fingerprint density at radius 3 is 2.94 bits per heavy atom. The van der Waals surface area contributed by atoms with Gasteiger partial charge in [-0.3, -0.25) is 0 Å². The summed E-state index contributed by atoms with van der Waals surface area (Å²) in [5.41, 5.74) is 0. The first-order chi connectivity index (χ1) is 8.04. The number of nitrogens with zero attached hydrogens (tertiary/aromatic N) is 1. The van der Waals surface area contributed by atoms with Crippen molar-refractivity contribution in [3.63, 3.8) is 0 Å². The molecule has 0 spiro atoms. The summed E-state index contributed by atoms with van der Waals surface area (Å²) >= 11 is 0. The van der Waals surface area contributed by atoms with Crippen LogP contribution in [0.4, 0.5) is 4.79 Å². The van der Waals surface area contributed by atoms with Gasteiger partial charge in [0.2, 0.25) is 0 Å². The van der Waals surface area contributed by atoms with Gasteiger partial charge in [-0.15, -0.1) is 12.3 Å². The molecular formula is C11H16N2O4. The molecular weight excluding hydrogens is 224 g/mol. The van der Waals surface area contributed by atoms with Crippen LogP contribution in [-0.4, -0.2) is 53.8 Å². The second-order valence-corrected chi connectivity index (χ2v) is 3.88. The van der Waals surface area contributed by atoms with Crippen molar-refractivity contribution in [2.24, 2.45) is 0 Å². The third-order valence-electron chi connectivity index (χ3n) is 2.45. The van der Waals surface area contributed by atoms with Gasteiger partial charge in [-0.2, -0.15) is 0 Å². The first-order valence-electron chi connectivity index (χ1n) is 5.38. The van der Waals surface area contributed by atoms with Crippen molar-refractivity contribution in [2.75, 3.05) is 19.7 Å². The van der Waals surface area contributed by atoms with Crippen molar-refractivity contribution in [2.45, 2.75) is 25.5 Å². The van der Waals surface area contributed by atoms with Gasteiger partial charge in [0.05, 0.1) is 12.7 Å². The average molecular weight is 240 g/mol. The Hall–Kier alpha value is -1.74. The Morgan fingerprint density at radius 2 is 2.41 bits per heavy atom. The van der Waals surface area contributed by atoms with Crippen molar-refractivity contribution >= 4 is 12.0 Å². The van der Waals surface area contributed by atoms with Crippen LogP contribution >= 0.6 is 0 Å². The summed E-state index contributed by atoms with van der Waals surface area (Å²) in [4.78, 5) is 24.1. The van der Waals surface area contributed by atoms with Gasteiger partial charge in [0, 0.05) is 19.5 Å². The van der Waals surface area contributed by atoms with E-state index in [0.717, 1.165) is 0 Å². The van der Waals surface area contributed by atoms with Gasteiger partial charge in [0.25, 0.3) is 0 Å². The number of terminal acetylenes is 1. The molecule has 0 aliphatic carbocycles. The zero-order valence-electron chi connectivity index (χ0n) is 9.68. The minimum atomic E-state index is -1.13. The van der Waals surface area contributed by atoms with E-state index in [0.29, 0.717) is 19.7 Å². The molecule has 2 amide bonds. The number of aliphatic carboxylic acids is 1. The Balaban J connectivity index is 2.52. The van der Waals surface area contributed by atoms with Crippen molar-refractivity contribution in [3.05, 3.63) is 0 Å². The van der Waals surface area contributed by atoms with Crippen LogP contribution in [0.25, 0.3) is 0 Å². The molecule has 0 aromatic carbocycles. The largest absolute Gasteiger partial charge is 0.480 e. The van der Waals surface area contributed by atoms with Gasteiger partial charge in [-0.05, 0) is 6.92 Å². The molecule has 1 aliphatic rings. The molecule has 0 aromatic heterocycles. The standard InChI is InChI=1S/C11H16N2O4/c1-3-4-9(10(14)15)12-11(16)13-5-6-17-8(2)7-13/h1,8-9H,4-7H2,2H3,(H,12,16)(H,14,15). The number of hydrogen-bond acceptors (Lipinski definition) is 3. The van der Waals surface area contributed by atoms with Crippen molar-refractivity contribution in [3.8, 4) is 12.3 Å². The lowest BCUT2D eigenvalue weighted by Gasteiger charge is -2.31. The second-order valence-electron chi connectivity index (χ2n) is 3.88. The predicted octanol–water partition coefficient (Wildman–Crippen LogP) is -0.107. The van der Waals surface area contributed by atoms with Gasteiger partial charge >= 0.3 is 12.0 Å². The van der Waals surface area contributed by atoms with Crippen LogP contribution in [-0.2, 0) is 9.53 Å². The third-order valence-corrected chi connectivity index (χ3v) is 2.45. The van der Waals surface area contributed by atoms with E-state index in [-0.39, 0.29) is 12.5 Å². The lowest BCUT2D eigenvalue weighted by atomic mass is 10.2. The Morgan fingerprint density at radius 1 is 1.71 bits per heavy atom. The predicted molar refractivity (Wildman–Crippen MR) is 60.4 cm³/mol. The quantitative estimate of drug-likeness (QED) is 0.675. The first kappa shape index (κ1) is 13.3. The van der Waals surface area contributed by atoms with Crippen LogP contribution < -0.4 is 5.32 Å². The smallest absolute Gasteiger partial charge is 0.327 e. The van der Waals surface area contributed by atoms with E-state index >= 15 is 0 Å². The molecule has 1 saturated heterocycles. The molecule has 0 aromatic rings. The minimum absolute atomic E-state index is 0.0268. The highest BCUT2D eigenvalue weighted by Gasteiger charge is 2.25. The highest BCUT2D eigenvalue weighted by Crippen LogP contribution is 2.05. The monoisotopic (exact) mass is 240 g/mol. The van der Waals surface area contributed by atoms with Crippen LogP contribution in [0.3, 0.4) is 0 Å². The lowest BCUT2D eigenvalue weighted by Crippen LogP contribution is -2.52. The first-order valence-corrected chi connectivity index (χ1v) is 5.38. The summed E-state index contributed by atoms with van der Waals surface area (Å²) in [5.74, 6) is 1.10. The fraction of sp³-hybridized carbons (Fsp3) is 0.636. The number of hydrogen-bond donors (Lipinski definition) is 2. The molecule has 1 rings (SSSR count). The van der Waals surface area contributed by atoms with Crippen LogP contribution in [0.2, 0.25) is 0 Å². The minimum Gasteiger partial charge on any atom is -0.480 e. The summed E-state index contributed by atoms with van der Waals surface area (Å²) in [6.07, 6.45) is 4.98. The molecule has 1 heterocycles. The molecule has 2 unspecified atom stereocenters. The molecule has 6 heteroatoms. The molecule has 17 heavy (non-hydrogen) atoms. The Bertz CT molecular complexity index is 337. The lowest BCUT2D eigenvalue weighted by molar-refractivity contribution is -0.139. The number of amides is 2. The number of morpholine rings is 1. The maximum absolute atomic E-state index is 11.8. The number of carbonyl (C=O) groups excluding carboxylic acids is 1. The number of nitrogens with one attached hydrogen (secondary N) is 1.